The maximum atomic E-state index is 8.71. The molecule has 0 fully saturated rings. The van der Waals surface area contributed by atoms with Gasteiger partial charge in [0.25, 0.3) is 0 Å². The molecule has 0 aliphatic heterocycles. The van der Waals surface area contributed by atoms with Gasteiger partial charge >= 0.3 is 0 Å². The number of aromatic nitrogens is 10. The molecule has 15 heterocycles. The van der Waals surface area contributed by atoms with Gasteiger partial charge in [0.1, 0.15) is 35.2 Å². The molecule has 0 spiro atoms. The Labute approximate surface area is 874 Å². The molecule has 25 aromatic rings. The first-order valence-electron chi connectivity index (χ1n) is 53.2. The van der Waals surface area contributed by atoms with Gasteiger partial charge in [-0.2, -0.15) is 4.57 Å². The van der Waals surface area contributed by atoms with E-state index in [0.29, 0.717) is 46.0 Å². The van der Waals surface area contributed by atoms with Crippen LogP contribution >= 0.6 is 0 Å². The SMILES string of the molecule is CCCc1ccc2c(-c3c(C)ccc4c3oc3nc(C)ccc34)[n+](C)ccc2c1.Cc1ccc2c(n1)oc1c(-c3c4ccc(C(C)C)cc4cc[n+]3C)c(C)ccc12.Cc1ccc2c(n1)oc1c(-c3c4ccc(CC(C)(C)C)cc4cc[n+]3C)c(C)ccc12.Cc1ccc2c(n1)oc1c(-c3cc(C(C)C)c4ccccc4[n+]3C)c(C)ccc12.[2H]C([2H])(c1ccc2c(-c3c(C)ccc4c3oc3nc(C)ccc34)[n+](C)ccc2c1)C(C)(C)C. The van der Waals surface area contributed by atoms with Gasteiger partial charge < -0.3 is 22.1 Å². The van der Waals surface area contributed by atoms with Crippen LogP contribution in [0.2, 0.25) is 0 Å². The lowest BCUT2D eigenvalue weighted by molar-refractivity contribution is -0.659. The van der Waals surface area contributed by atoms with Crippen molar-refractivity contribution in [1.82, 2.24) is 24.9 Å². The highest BCUT2D eigenvalue weighted by Crippen LogP contribution is 2.47. The van der Waals surface area contributed by atoms with Crippen LogP contribution in [-0.2, 0) is 54.5 Å². The number of aryl methyl sites for hydroxylation is 16. The summed E-state index contributed by atoms with van der Waals surface area (Å²) in [6.45, 7) is 44.6. The summed E-state index contributed by atoms with van der Waals surface area (Å²) in [7, 11) is 10.5. The minimum Gasteiger partial charge on any atom is -0.437 e. The Balaban J connectivity index is 0.000000110. The van der Waals surface area contributed by atoms with E-state index in [0.717, 1.165) is 179 Å². The van der Waals surface area contributed by atoms with Crippen molar-refractivity contribution < 1.29 is 47.7 Å². The van der Waals surface area contributed by atoms with E-state index in [9.17, 15) is 0 Å². The first-order valence-corrected chi connectivity index (χ1v) is 52.2. The number of para-hydroxylation sites is 1. The van der Waals surface area contributed by atoms with Gasteiger partial charge in [0, 0.05) is 127 Å². The van der Waals surface area contributed by atoms with Crippen LogP contribution in [0.15, 0.2) is 296 Å². The highest BCUT2D eigenvalue weighted by Gasteiger charge is 2.33. The van der Waals surface area contributed by atoms with E-state index in [1.165, 1.54) is 111 Å². The zero-order valence-corrected chi connectivity index (χ0v) is 90.8. The Morgan fingerprint density at radius 3 is 0.919 bits per heavy atom. The maximum absolute atomic E-state index is 8.71. The van der Waals surface area contributed by atoms with E-state index in [-0.39, 0.29) is 5.41 Å². The Kier molecular flexibility index (Phi) is 25.2. The van der Waals surface area contributed by atoms with Crippen molar-refractivity contribution in [2.75, 3.05) is 0 Å². The predicted octanol–water partition coefficient (Wildman–Crippen LogP) is 32.6. The summed E-state index contributed by atoms with van der Waals surface area (Å²) in [4.78, 5) is 23.1. The summed E-state index contributed by atoms with van der Waals surface area (Å²) in [6, 6.07) is 88.5. The topological polar surface area (TPSA) is 150 Å². The average Bonchev–Trinajstić information content (AvgIpc) is 1.57. The normalized spacial score (nSPS) is 12.3. The third kappa shape index (κ3) is 18.6. The minimum absolute atomic E-state index is 0.261. The molecule has 0 radical (unpaired) electrons. The van der Waals surface area contributed by atoms with Crippen molar-refractivity contribution >= 4 is 164 Å². The van der Waals surface area contributed by atoms with Crippen LogP contribution in [0.5, 0.6) is 0 Å². The second kappa shape index (κ2) is 39.0. The molecule has 0 bridgehead atoms. The lowest BCUT2D eigenvalue weighted by atomic mass is 9.87. The van der Waals surface area contributed by atoms with E-state index in [2.05, 4.69) is 385 Å². The van der Waals surface area contributed by atoms with Crippen LogP contribution in [0.3, 0.4) is 0 Å². The quantitative estimate of drug-likeness (QED) is 0.115. The Bertz CT molecular complexity index is 9840. The number of nitrogens with zero attached hydrogens (tertiary/aromatic N) is 10. The number of rotatable bonds is 11. The van der Waals surface area contributed by atoms with Crippen LogP contribution in [0.25, 0.3) is 221 Å². The summed E-state index contributed by atoms with van der Waals surface area (Å²) in [5.74, 6) is 0.936. The van der Waals surface area contributed by atoms with E-state index in [1.54, 1.807) is 0 Å². The molecule has 15 heteroatoms. The molecule has 744 valence electrons. The molecule has 0 aliphatic rings. The average molecular weight is 1970 g/mol. The second-order valence-corrected chi connectivity index (χ2v) is 44.0. The maximum Gasteiger partial charge on any atom is 0.227 e. The molecule has 25 rings (SSSR count). The van der Waals surface area contributed by atoms with Gasteiger partial charge in [-0.1, -0.05) is 204 Å². The van der Waals surface area contributed by atoms with Crippen molar-refractivity contribution in [2.45, 2.75) is 183 Å². The molecular weight excluding hydrogens is 1830 g/mol. The molecular formula is C134H133N10O5+5. The number of pyridine rings is 10. The minimum atomic E-state index is -1.45. The van der Waals surface area contributed by atoms with E-state index in [4.69, 9.17) is 24.8 Å². The molecule has 0 atom stereocenters. The summed E-state index contributed by atoms with van der Waals surface area (Å²) < 4.78 is 60.2. The van der Waals surface area contributed by atoms with Crippen LogP contribution < -0.4 is 22.8 Å². The van der Waals surface area contributed by atoms with Gasteiger partial charge in [-0.3, -0.25) is 0 Å². The van der Waals surface area contributed by atoms with E-state index in [1.807, 2.05) is 117 Å². The number of hydrogen-bond acceptors (Lipinski definition) is 10. The largest absolute Gasteiger partial charge is 0.437 e. The van der Waals surface area contributed by atoms with Crippen LogP contribution in [-0.4, -0.2) is 24.9 Å². The smallest absolute Gasteiger partial charge is 0.227 e. The monoisotopic (exact) mass is 1960 g/mol. The molecule has 0 unspecified atom stereocenters. The molecule has 0 N–H and O–H groups in total. The molecule has 15 nitrogen and oxygen atoms in total. The van der Waals surface area contributed by atoms with Gasteiger partial charge in [-0.25, -0.2) is 43.2 Å². The molecule has 0 saturated heterocycles. The Hall–Kier alpha value is -16.0. The second-order valence-electron chi connectivity index (χ2n) is 44.0. The van der Waals surface area contributed by atoms with Gasteiger partial charge in [0.15, 0.2) is 52.7 Å². The van der Waals surface area contributed by atoms with E-state index < -0.39 is 11.8 Å². The van der Waals surface area contributed by atoms with Gasteiger partial charge in [0.2, 0.25) is 62.6 Å². The Morgan fingerprint density at radius 2 is 0.584 bits per heavy atom. The lowest BCUT2D eigenvalue weighted by Crippen LogP contribution is -2.33. The fourth-order valence-corrected chi connectivity index (χ4v) is 22.1. The molecule has 10 aromatic carbocycles. The zero-order valence-electron chi connectivity index (χ0n) is 92.8. The third-order valence-corrected chi connectivity index (χ3v) is 29.5. The molecule has 149 heavy (non-hydrogen) atoms. The van der Waals surface area contributed by atoms with Crippen LogP contribution in [0, 0.1) is 80.1 Å². The fourth-order valence-electron chi connectivity index (χ4n) is 22.1. The number of benzene rings is 10. The Morgan fingerprint density at radius 1 is 0.289 bits per heavy atom. The highest BCUT2D eigenvalue weighted by molar-refractivity contribution is 6.16. The van der Waals surface area contributed by atoms with E-state index >= 15 is 0 Å². The third-order valence-electron chi connectivity index (χ3n) is 29.5. The van der Waals surface area contributed by atoms with Crippen LogP contribution in [0.1, 0.15) is 181 Å². The van der Waals surface area contributed by atoms with Crippen molar-refractivity contribution in [3.8, 4) is 56.3 Å². The fraction of sp³-hybridized carbons (Fsp3) is 0.254. The first-order chi connectivity index (χ1) is 72.1. The van der Waals surface area contributed by atoms with Crippen molar-refractivity contribution in [3.63, 3.8) is 0 Å². The molecule has 15 aromatic heterocycles. The molecule has 0 amide bonds. The van der Waals surface area contributed by atoms with Crippen LogP contribution in [0.4, 0.5) is 0 Å². The summed E-state index contributed by atoms with van der Waals surface area (Å²) in [6.07, 6.45) is 10.4. The van der Waals surface area contributed by atoms with Gasteiger partial charge in [-0.15, -0.1) is 0 Å². The van der Waals surface area contributed by atoms with Crippen molar-refractivity contribution in [3.05, 3.63) is 358 Å². The summed E-state index contributed by atoms with van der Waals surface area (Å²) in [5, 5.41) is 21.7. The zero-order chi connectivity index (χ0) is 106. The summed E-state index contributed by atoms with van der Waals surface area (Å²) >= 11 is 0. The van der Waals surface area contributed by atoms with Crippen molar-refractivity contribution in [1.29, 1.82) is 0 Å². The lowest BCUT2D eigenvalue weighted by Gasteiger charge is -2.18. The van der Waals surface area contributed by atoms with Gasteiger partial charge in [0.05, 0.1) is 49.4 Å². The number of fused-ring (bicyclic) bond motifs is 20. The number of hydrogen-bond donors (Lipinski definition) is 0. The standard InChI is InChI=1S/2C28H29N2O.3C26H25N2O/c2*1-17-7-10-22-23-11-8-18(2)29-27(23)31-26(22)24(17)25-21-12-9-19(16-28(3,4)5)15-20(21)13-14-30(25)6;1-15(2)18-8-11-20-19(14-18)12-13-28(5)24(20)23-16(3)6-9-21-22-10-7-17(4)27-26(22)29-25(21)23;1-15(2)21-14-23(28(5)22-9-7-6-8-18(21)22)24-16(3)10-12-19-20-13-11-17(4)27-26(20)29-25(19)24;1-5-6-18-9-12-20-19(15-18)13-14-28(4)24(20)23-16(2)7-10-21-22-11-8-17(3)27-26(22)29-25(21)23/h2*7-15H,16H2,1-6H3;2*6-15H,1-5H3;7-15H,5-6H2,1-4H3/q5*+1/i16D2;;;;. The molecule has 0 saturated carbocycles. The predicted molar refractivity (Wildman–Crippen MR) is 614 cm³/mol. The van der Waals surface area contributed by atoms with Crippen molar-refractivity contribution in [2.24, 2.45) is 46.1 Å². The number of furan rings is 5. The highest BCUT2D eigenvalue weighted by atomic mass is 16.4. The van der Waals surface area contributed by atoms with Gasteiger partial charge in [-0.05, 0) is 279 Å². The summed E-state index contributed by atoms with van der Waals surface area (Å²) in [5.41, 5.74) is 37.2. The first kappa shape index (κ1) is 96.5. The molecule has 0 aliphatic carbocycles.